The molecule has 0 atom stereocenters. The van der Waals surface area contributed by atoms with Crippen molar-refractivity contribution in [3.05, 3.63) is 52.5 Å². The molecule has 3 N–H and O–H groups in total. The SMILES string of the molecule is CCCc1nc2c(N)nc(C)c(C)c2n1CCCCN(O)C(=O)c1ccc(C)cc1. The quantitative estimate of drug-likeness (QED) is 0.330. The Balaban J connectivity index is 1.69. The maximum Gasteiger partial charge on any atom is 0.277 e. The molecule has 7 nitrogen and oxygen atoms in total. The fourth-order valence-corrected chi connectivity index (χ4v) is 3.68. The van der Waals surface area contributed by atoms with Gasteiger partial charge in [0.25, 0.3) is 5.91 Å². The lowest BCUT2D eigenvalue weighted by Gasteiger charge is -2.16. The number of imidazole rings is 1. The minimum atomic E-state index is -0.375. The predicted molar refractivity (Wildman–Crippen MR) is 119 cm³/mol. The van der Waals surface area contributed by atoms with Gasteiger partial charge in [0.15, 0.2) is 5.82 Å². The maximum absolute atomic E-state index is 12.4. The molecule has 0 aliphatic heterocycles. The number of pyridine rings is 1. The van der Waals surface area contributed by atoms with E-state index in [0.29, 0.717) is 17.8 Å². The number of nitrogen functional groups attached to an aromatic ring is 1. The van der Waals surface area contributed by atoms with Crippen molar-refractivity contribution in [2.45, 2.75) is 59.9 Å². The van der Waals surface area contributed by atoms with Crippen LogP contribution in [0.25, 0.3) is 11.0 Å². The molecule has 0 radical (unpaired) electrons. The molecule has 0 spiro atoms. The zero-order valence-electron chi connectivity index (χ0n) is 18.3. The highest BCUT2D eigenvalue weighted by Gasteiger charge is 2.17. The topological polar surface area (TPSA) is 97.3 Å². The van der Waals surface area contributed by atoms with Crippen molar-refractivity contribution in [3.8, 4) is 0 Å². The van der Waals surface area contributed by atoms with Crippen LogP contribution in [0.1, 0.15) is 59.2 Å². The lowest BCUT2D eigenvalue weighted by atomic mass is 10.1. The van der Waals surface area contributed by atoms with Crippen LogP contribution < -0.4 is 5.73 Å². The van der Waals surface area contributed by atoms with Crippen LogP contribution in [0.4, 0.5) is 5.82 Å². The van der Waals surface area contributed by atoms with Gasteiger partial charge in [-0.05, 0) is 57.7 Å². The first-order valence-electron chi connectivity index (χ1n) is 10.5. The van der Waals surface area contributed by atoms with Crippen molar-refractivity contribution in [3.63, 3.8) is 0 Å². The zero-order chi connectivity index (χ0) is 21.8. The molecule has 0 aliphatic carbocycles. The Hall–Kier alpha value is -2.93. The van der Waals surface area contributed by atoms with Gasteiger partial charge in [-0.15, -0.1) is 0 Å². The number of benzene rings is 1. The summed E-state index contributed by atoms with van der Waals surface area (Å²) in [5.74, 6) is 1.10. The Kier molecular flexibility index (Phi) is 6.72. The van der Waals surface area contributed by atoms with E-state index in [1.807, 2.05) is 32.9 Å². The highest BCUT2D eigenvalue weighted by atomic mass is 16.5. The number of hydrogen-bond donors (Lipinski definition) is 2. The van der Waals surface area contributed by atoms with Crippen molar-refractivity contribution in [2.24, 2.45) is 0 Å². The van der Waals surface area contributed by atoms with Gasteiger partial charge in [-0.1, -0.05) is 24.6 Å². The number of aryl methyl sites for hydroxylation is 5. The minimum Gasteiger partial charge on any atom is -0.382 e. The average Bonchev–Trinajstić information content (AvgIpc) is 3.08. The van der Waals surface area contributed by atoms with Gasteiger partial charge in [-0.2, -0.15) is 0 Å². The Morgan fingerprint density at radius 3 is 2.50 bits per heavy atom. The predicted octanol–water partition coefficient (Wildman–Crippen LogP) is 4.20. The summed E-state index contributed by atoms with van der Waals surface area (Å²) in [6, 6.07) is 7.20. The van der Waals surface area contributed by atoms with E-state index in [4.69, 9.17) is 10.7 Å². The molecule has 3 aromatic rings. The van der Waals surface area contributed by atoms with Gasteiger partial charge < -0.3 is 10.3 Å². The number of hydroxylamine groups is 2. The summed E-state index contributed by atoms with van der Waals surface area (Å²) in [7, 11) is 0. The molecule has 0 saturated carbocycles. The van der Waals surface area contributed by atoms with Crippen molar-refractivity contribution >= 4 is 22.8 Å². The standard InChI is InChI=1S/C23H31N5O2/c1-5-8-19-26-20-21(16(3)17(4)25-22(20)24)27(19)13-6-7-14-28(30)23(29)18-11-9-15(2)10-12-18/h9-12,30H,5-8,13-14H2,1-4H3,(H2,24,25). The Labute approximate surface area is 177 Å². The molecule has 0 bridgehead atoms. The molecule has 2 heterocycles. The number of carbonyl (C=O) groups excluding carboxylic acids is 1. The molecule has 0 saturated heterocycles. The molecule has 2 aromatic heterocycles. The van der Waals surface area contributed by atoms with Crippen LogP contribution in [-0.4, -0.2) is 37.3 Å². The largest absolute Gasteiger partial charge is 0.382 e. The number of amides is 1. The third kappa shape index (κ3) is 4.46. The normalized spacial score (nSPS) is 11.2. The molecular formula is C23H31N5O2. The van der Waals surface area contributed by atoms with E-state index in [-0.39, 0.29) is 12.5 Å². The molecule has 160 valence electrons. The monoisotopic (exact) mass is 409 g/mol. The van der Waals surface area contributed by atoms with Gasteiger partial charge in [0.1, 0.15) is 11.3 Å². The highest BCUT2D eigenvalue weighted by Crippen LogP contribution is 2.27. The summed E-state index contributed by atoms with van der Waals surface area (Å²) in [6.07, 6.45) is 3.34. The summed E-state index contributed by atoms with van der Waals surface area (Å²) in [6.45, 7) is 9.14. The van der Waals surface area contributed by atoms with E-state index in [9.17, 15) is 10.0 Å². The number of nitrogens with zero attached hydrogens (tertiary/aromatic N) is 4. The van der Waals surface area contributed by atoms with E-state index in [0.717, 1.165) is 64.5 Å². The number of anilines is 1. The first-order chi connectivity index (χ1) is 14.3. The van der Waals surface area contributed by atoms with Gasteiger partial charge in [0.2, 0.25) is 0 Å². The van der Waals surface area contributed by atoms with E-state index in [1.165, 1.54) is 0 Å². The molecule has 0 unspecified atom stereocenters. The first-order valence-corrected chi connectivity index (χ1v) is 10.5. The molecule has 3 rings (SSSR count). The van der Waals surface area contributed by atoms with Gasteiger partial charge in [0, 0.05) is 30.8 Å². The fraction of sp³-hybridized carbons (Fsp3) is 0.435. The number of rotatable bonds is 8. The third-order valence-corrected chi connectivity index (χ3v) is 5.48. The smallest absolute Gasteiger partial charge is 0.277 e. The number of unbranched alkanes of at least 4 members (excludes halogenated alkanes) is 1. The van der Waals surface area contributed by atoms with Crippen molar-refractivity contribution in [1.29, 1.82) is 0 Å². The van der Waals surface area contributed by atoms with Gasteiger partial charge in [-0.3, -0.25) is 10.0 Å². The highest BCUT2D eigenvalue weighted by molar-refractivity contribution is 5.93. The number of carbonyl (C=O) groups is 1. The maximum atomic E-state index is 12.4. The van der Waals surface area contributed by atoms with E-state index in [2.05, 4.69) is 16.5 Å². The van der Waals surface area contributed by atoms with Crippen LogP contribution >= 0.6 is 0 Å². The number of aromatic nitrogens is 3. The molecule has 0 aliphatic rings. The van der Waals surface area contributed by atoms with Gasteiger partial charge >= 0.3 is 0 Å². The molecule has 7 heteroatoms. The van der Waals surface area contributed by atoms with Crippen molar-refractivity contribution < 1.29 is 10.0 Å². The number of hydrogen-bond acceptors (Lipinski definition) is 5. The number of fused-ring (bicyclic) bond motifs is 1. The molecular weight excluding hydrogens is 378 g/mol. The average molecular weight is 410 g/mol. The summed E-state index contributed by atoms with van der Waals surface area (Å²) < 4.78 is 2.22. The molecule has 1 aromatic carbocycles. The van der Waals surface area contributed by atoms with Gasteiger partial charge in [-0.25, -0.2) is 15.0 Å². The Morgan fingerprint density at radius 1 is 1.13 bits per heavy atom. The van der Waals surface area contributed by atoms with Gasteiger partial charge in [0.05, 0.1) is 5.52 Å². The Bertz CT molecular complexity index is 1040. The molecule has 1 amide bonds. The second kappa shape index (κ2) is 9.26. The first kappa shape index (κ1) is 21.8. The summed E-state index contributed by atoms with van der Waals surface area (Å²) in [4.78, 5) is 21.5. The van der Waals surface area contributed by atoms with Crippen molar-refractivity contribution in [2.75, 3.05) is 12.3 Å². The summed E-state index contributed by atoms with van der Waals surface area (Å²) in [5, 5.41) is 11.0. The van der Waals surface area contributed by atoms with Crippen LogP contribution in [-0.2, 0) is 13.0 Å². The fourth-order valence-electron chi connectivity index (χ4n) is 3.68. The van der Waals surface area contributed by atoms with Crippen LogP contribution in [0, 0.1) is 20.8 Å². The molecule has 0 fully saturated rings. The van der Waals surface area contributed by atoms with Crippen LogP contribution in [0.2, 0.25) is 0 Å². The molecule has 30 heavy (non-hydrogen) atoms. The van der Waals surface area contributed by atoms with Crippen molar-refractivity contribution in [1.82, 2.24) is 19.6 Å². The van der Waals surface area contributed by atoms with Crippen LogP contribution in [0.5, 0.6) is 0 Å². The van der Waals surface area contributed by atoms with Crippen LogP contribution in [0.15, 0.2) is 24.3 Å². The summed E-state index contributed by atoms with van der Waals surface area (Å²) >= 11 is 0. The lowest BCUT2D eigenvalue weighted by molar-refractivity contribution is -0.0589. The van der Waals surface area contributed by atoms with E-state index in [1.54, 1.807) is 12.1 Å². The third-order valence-electron chi connectivity index (χ3n) is 5.48. The lowest BCUT2D eigenvalue weighted by Crippen LogP contribution is -2.28. The zero-order valence-corrected chi connectivity index (χ0v) is 18.3. The summed E-state index contributed by atoms with van der Waals surface area (Å²) in [5.41, 5.74) is 11.5. The van der Waals surface area contributed by atoms with E-state index >= 15 is 0 Å². The number of nitrogens with two attached hydrogens (primary N) is 1. The van der Waals surface area contributed by atoms with Crippen LogP contribution in [0.3, 0.4) is 0 Å². The minimum absolute atomic E-state index is 0.282. The second-order valence-electron chi connectivity index (χ2n) is 7.84. The van der Waals surface area contributed by atoms with E-state index < -0.39 is 0 Å². The second-order valence-corrected chi connectivity index (χ2v) is 7.84. The Morgan fingerprint density at radius 2 is 1.83 bits per heavy atom.